The minimum atomic E-state index is 0.497. The molecular formula is C16H30N2. The van der Waals surface area contributed by atoms with Gasteiger partial charge >= 0.3 is 0 Å². The predicted octanol–water partition coefficient (Wildman–Crippen LogP) is 2.88. The number of likely N-dealkylation sites (N-methyl/N-ethyl adjacent to an activating group) is 1. The standard InChI is InChI=1S/C16H30N2/c1-11-8-13(10-18(11)5)17-14-15(2,3)12-6-7-16(14,4)9-12/h11-14,17H,6-10H2,1-5H3. The molecule has 5 unspecified atom stereocenters. The lowest BCUT2D eigenvalue weighted by Gasteiger charge is -2.44. The van der Waals surface area contributed by atoms with Gasteiger partial charge in [-0.05, 0) is 56.4 Å². The maximum atomic E-state index is 4.06. The minimum Gasteiger partial charge on any atom is -0.309 e. The summed E-state index contributed by atoms with van der Waals surface area (Å²) >= 11 is 0. The normalized spacial score (nSPS) is 51.2. The zero-order valence-electron chi connectivity index (χ0n) is 12.8. The third-order valence-corrected chi connectivity index (χ3v) is 6.56. The first-order chi connectivity index (χ1) is 8.33. The van der Waals surface area contributed by atoms with Crippen molar-refractivity contribution >= 4 is 0 Å². The molecule has 0 radical (unpaired) electrons. The van der Waals surface area contributed by atoms with Crippen molar-refractivity contribution in [2.75, 3.05) is 13.6 Å². The molecule has 1 N–H and O–H groups in total. The van der Waals surface area contributed by atoms with Crippen molar-refractivity contribution < 1.29 is 0 Å². The summed E-state index contributed by atoms with van der Waals surface area (Å²) in [5, 5.41) is 4.06. The zero-order chi connectivity index (χ0) is 13.1. The van der Waals surface area contributed by atoms with Gasteiger partial charge in [-0.3, -0.25) is 0 Å². The van der Waals surface area contributed by atoms with Crippen LogP contribution in [0, 0.1) is 16.7 Å². The molecular weight excluding hydrogens is 220 g/mol. The van der Waals surface area contributed by atoms with Gasteiger partial charge in [-0.25, -0.2) is 0 Å². The van der Waals surface area contributed by atoms with Crippen molar-refractivity contribution in [2.24, 2.45) is 16.7 Å². The van der Waals surface area contributed by atoms with Crippen LogP contribution < -0.4 is 5.32 Å². The molecule has 2 aliphatic carbocycles. The van der Waals surface area contributed by atoms with E-state index >= 15 is 0 Å². The van der Waals surface area contributed by atoms with Crippen molar-refractivity contribution in [1.29, 1.82) is 0 Å². The van der Waals surface area contributed by atoms with E-state index in [-0.39, 0.29) is 0 Å². The molecule has 0 aromatic carbocycles. The highest BCUT2D eigenvalue weighted by Gasteiger charge is 2.59. The summed E-state index contributed by atoms with van der Waals surface area (Å²) in [5.41, 5.74) is 1.07. The van der Waals surface area contributed by atoms with E-state index in [9.17, 15) is 0 Å². The van der Waals surface area contributed by atoms with Gasteiger partial charge in [-0.15, -0.1) is 0 Å². The molecule has 0 aromatic rings. The molecule has 1 saturated heterocycles. The number of fused-ring (bicyclic) bond motifs is 2. The van der Waals surface area contributed by atoms with Gasteiger partial charge in [0.25, 0.3) is 0 Å². The maximum absolute atomic E-state index is 4.06. The molecule has 5 atom stereocenters. The molecule has 0 aromatic heterocycles. The van der Waals surface area contributed by atoms with E-state index in [4.69, 9.17) is 0 Å². The highest BCUT2D eigenvalue weighted by Crippen LogP contribution is 2.62. The first kappa shape index (κ1) is 12.9. The monoisotopic (exact) mass is 250 g/mol. The first-order valence-corrected chi connectivity index (χ1v) is 7.79. The van der Waals surface area contributed by atoms with Crippen LogP contribution in [-0.4, -0.2) is 36.6 Å². The van der Waals surface area contributed by atoms with Crippen molar-refractivity contribution in [1.82, 2.24) is 10.2 Å². The first-order valence-electron chi connectivity index (χ1n) is 7.79. The number of nitrogens with one attached hydrogen (secondary N) is 1. The van der Waals surface area contributed by atoms with Crippen LogP contribution in [0.2, 0.25) is 0 Å². The summed E-state index contributed by atoms with van der Waals surface area (Å²) in [6, 6.07) is 2.19. The van der Waals surface area contributed by atoms with Gasteiger partial charge in [0, 0.05) is 24.7 Å². The fourth-order valence-electron chi connectivity index (χ4n) is 5.27. The van der Waals surface area contributed by atoms with E-state index in [0.717, 1.165) is 18.0 Å². The Hall–Kier alpha value is -0.0800. The summed E-state index contributed by atoms with van der Waals surface area (Å²) < 4.78 is 0. The predicted molar refractivity (Wildman–Crippen MR) is 76.6 cm³/mol. The molecule has 1 aliphatic heterocycles. The van der Waals surface area contributed by atoms with Gasteiger partial charge in [0.05, 0.1) is 0 Å². The van der Waals surface area contributed by atoms with Gasteiger partial charge in [-0.2, -0.15) is 0 Å². The van der Waals surface area contributed by atoms with Gasteiger partial charge < -0.3 is 10.2 Å². The van der Waals surface area contributed by atoms with Crippen LogP contribution in [-0.2, 0) is 0 Å². The van der Waals surface area contributed by atoms with Crippen LogP contribution in [0.15, 0.2) is 0 Å². The van der Waals surface area contributed by atoms with E-state index in [1.54, 1.807) is 0 Å². The second-order valence-corrected chi connectivity index (χ2v) is 8.24. The minimum absolute atomic E-state index is 0.497. The Balaban J connectivity index is 1.73. The Bertz CT molecular complexity index is 323. The number of hydrogen-bond acceptors (Lipinski definition) is 2. The van der Waals surface area contributed by atoms with E-state index in [1.165, 1.54) is 32.2 Å². The van der Waals surface area contributed by atoms with Gasteiger partial charge in [-0.1, -0.05) is 20.8 Å². The van der Waals surface area contributed by atoms with Crippen LogP contribution in [0.3, 0.4) is 0 Å². The molecule has 3 fully saturated rings. The Morgan fingerprint density at radius 3 is 2.44 bits per heavy atom. The molecule has 3 aliphatic rings. The molecule has 18 heavy (non-hydrogen) atoms. The highest BCUT2D eigenvalue weighted by molar-refractivity contribution is 5.13. The fraction of sp³-hybridized carbons (Fsp3) is 1.00. The Kier molecular flexibility index (Phi) is 2.84. The van der Waals surface area contributed by atoms with Gasteiger partial charge in [0.2, 0.25) is 0 Å². The van der Waals surface area contributed by atoms with Crippen LogP contribution in [0.1, 0.15) is 53.4 Å². The van der Waals surface area contributed by atoms with Crippen molar-refractivity contribution in [3.05, 3.63) is 0 Å². The van der Waals surface area contributed by atoms with Gasteiger partial charge in [0.15, 0.2) is 0 Å². The van der Waals surface area contributed by atoms with Gasteiger partial charge in [0.1, 0.15) is 0 Å². The Labute approximate surface area is 113 Å². The number of likely N-dealkylation sites (tertiary alicyclic amines) is 1. The second kappa shape index (κ2) is 3.96. The SMILES string of the molecule is CC1CC(NC2C3(C)CCC(C3)C2(C)C)CN1C. The van der Waals surface area contributed by atoms with Crippen molar-refractivity contribution in [3.63, 3.8) is 0 Å². The average Bonchev–Trinajstić information content (AvgIpc) is 2.85. The lowest BCUT2D eigenvalue weighted by molar-refractivity contribution is 0.0992. The third kappa shape index (κ3) is 1.76. The molecule has 0 amide bonds. The number of rotatable bonds is 2. The van der Waals surface area contributed by atoms with Crippen molar-refractivity contribution in [2.45, 2.75) is 71.5 Å². The molecule has 0 spiro atoms. The van der Waals surface area contributed by atoms with E-state index in [1.807, 2.05) is 0 Å². The summed E-state index contributed by atoms with van der Waals surface area (Å²) in [6.07, 6.45) is 5.68. The van der Waals surface area contributed by atoms with E-state index in [0.29, 0.717) is 16.9 Å². The van der Waals surface area contributed by atoms with Crippen molar-refractivity contribution in [3.8, 4) is 0 Å². The fourth-order valence-corrected chi connectivity index (χ4v) is 5.27. The number of hydrogen-bond donors (Lipinski definition) is 1. The zero-order valence-corrected chi connectivity index (χ0v) is 12.8. The average molecular weight is 250 g/mol. The smallest absolute Gasteiger partial charge is 0.0212 e. The van der Waals surface area contributed by atoms with E-state index < -0.39 is 0 Å². The molecule has 2 bridgehead atoms. The summed E-state index contributed by atoms with van der Waals surface area (Å²) in [4.78, 5) is 2.50. The second-order valence-electron chi connectivity index (χ2n) is 8.24. The summed E-state index contributed by atoms with van der Waals surface area (Å²) in [7, 11) is 2.26. The number of nitrogens with zero attached hydrogens (tertiary/aromatic N) is 1. The molecule has 1 heterocycles. The van der Waals surface area contributed by atoms with Crippen LogP contribution in [0.4, 0.5) is 0 Å². The Morgan fingerprint density at radius 1 is 1.22 bits per heavy atom. The summed E-state index contributed by atoms with van der Waals surface area (Å²) in [6.45, 7) is 11.1. The quantitative estimate of drug-likeness (QED) is 0.811. The Morgan fingerprint density at radius 2 is 1.94 bits per heavy atom. The highest BCUT2D eigenvalue weighted by atomic mass is 15.2. The van der Waals surface area contributed by atoms with Crippen LogP contribution in [0.5, 0.6) is 0 Å². The third-order valence-electron chi connectivity index (χ3n) is 6.56. The molecule has 104 valence electrons. The van der Waals surface area contributed by atoms with Crippen LogP contribution >= 0.6 is 0 Å². The summed E-state index contributed by atoms with van der Waals surface area (Å²) in [5.74, 6) is 0.955. The maximum Gasteiger partial charge on any atom is 0.0212 e. The molecule has 3 rings (SSSR count). The molecule has 2 heteroatoms. The topological polar surface area (TPSA) is 15.3 Å². The van der Waals surface area contributed by atoms with E-state index in [2.05, 4.69) is 45.0 Å². The largest absolute Gasteiger partial charge is 0.309 e. The molecule has 2 nitrogen and oxygen atoms in total. The lowest BCUT2D eigenvalue weighted by atomic mass is 9.68. The van der Waals surface area contributed by atoms with Crippen LogP contribution in [0.25, 0.3) is 0 Å². The molecule has 2 saturated carbocycles. The lowest BCUT2D eigenvalue weighted by Crippen LogP contribution is -2.54.